The predicted octanol–water partition coefficient (Wildman–Crippen LogP) is 6.70. The second kappa shape index (κ2) is 9.02. The van der Waals surface area contributed by atoms with Crippen molar-refractivity contribution in [3.05, 3.63) is 58.1 Å². The molecule has 1 fully saturated rings. The molecule has 5 heteroatoms. The molecule has 0 aliphatic carbocycles. The molecule has 0 unspecified atom stereocenters. The number of nitrogens with one attached hydrogen (secondary N) is 1. The van der Waals surface area contributed by atoms with Gasteiger partial charge in [0.1, 0.15) is 17.6 Å². The number of aryl methyl sites for hydroxylation is 1. The van der Waals surface area contributed by atoms with Gasteiger partial charge in [-0.3, -0.25) is 4.79 Å². The molecule has 2 aromatic rings. The lowest BCUT2D eigenvalue weighted by Crippen LogP contribution is -2.57. The highest BCUT2D eigenvalue weighted by atomic mass is 35.5. The molecule has 1 heterocycles. The van der Waals surface area contributed by atoms with Crippen LogP contribution in [0.25, 0.3) is 0 Å². The number of nitrogens with zero attached hydrogens (tertiary/aromatic N) is 1. The maximum absolute atomic E-state index is 13.0. The number of piperidine rings is 1. The molecular formula is C26H31ClN2O2. The molecule has 0 atom stereocenters. The number of nitriles is 1. The van der Waals surface area contributed by atoms with Crippen molar-refractivity contribution in [2.75, 3.05) is 0 Å². The quantitative estimate of drug-likeness (QED) is 0.510. The first-order valence-corrected chi connectivity index (χ1v) is 11.2. The monoisotopic (exact) mass is 438 g/mol. The molecule has 1 N–H and O–H groups in total. The van der Waals surface area contributed by atoms with Gasteiger partial charge in [0.25, 0.3) is 0 Å². The summed E-state index contributed by atoms with van der Waals surface area (Å²) < 4.78 is 5.94. The Hall–Kier alpha value is -2.35. The van der Waals surface area contributed by atoms with Gasteiger partial charge < -0.3 is 10.1 Å². The van der Waals surface area contributed by atoms with E-state index in [0.717, 1.165) is 24.8 Å². The zero-order chi connectivity index (χ0) is 22.8. The first-order valence-electron chi connectivity index (χ1n) is 10.9. The lowest BCUT2D eigenvalue weighted by Gasteiger charge is -2.46. The number of Topliss-reactive ketones (excluding diaryl/α,β-unsaturated/α-hetero) is 1. The highest BCUT2D eigenvalue weighted by Crippen LogP contribution is 2.37. The molecule has 1 saturated heterocycles. The Labute approximate surface area is 190 Å². The van der Waals surface area contributed by atoms with Crippen molar-refractivity contribution in [3.63, 3.8) is 0 Å². The minimum atomic E-state index is 0.00745. The summed E-state index contributed by atoms with van der Waals surface area (Å²) >= 11 is 6.46. The minimum absolute atomic E-state index is 0.00745. The van der Waals surface area contributed by atoms with Crippen molar-refractivity contribution in [1.29, 1.82) is 5.26 Å². The zero-order valence-electron chi connectivity index (χ0n) is 19.0. The summed E-state index contributed by atoms with van der Waals surface area (Å²) in [4.78, 5) is 13.0. The summed E-state index contributed by atoms with van der Waals surface area (Å²) in [5, 5.41) is 13.5. The van der Waals surface area contributed by atoms with Crippen LogP contribution >= 0.6 is 11.6 Å². The number of hydrogen-bond donors (Lipinski definition) is 1. The fourth-order valence-electron chi connectivity index (χ4n) is 5.02. The smallest absolute Gasteiger partial charge is 0.163 e. The van der Waals surface area contributed by atoms with Gasteiger partial charge in [0, 0.05) is 23.1 Å². The summed E-state index contributed by atoms with van der Waals surface area (Å²) in [6.45, 7) is 10.8. The standard InChI is InChI=1S/C26H31ClN2O2/c1-6-18-8-7-9-23(20(18)16-28)31-24-11-10-19(13-21(24)27)22(30)12-17-14-25(2,3)29-26(4,5)15-17/h7-11,13,17,29H,6,12,14-15H2,1-5H3. The second-order valence-corrected chi connectivity index (χ2v) is 10.2. The number of ether oxygens (including phenoxy) is 1. The van der Waals surface area contributed by atoms with E-state index in [9.17, 15) is 10.1 Å². The number of halogens is 1. The van der Waals surface area contributed by atoms with Gasteiger partial charge in [0.15, 0.2) is 5.78 Å². The summed E-state index contributed by atoms with van der Waals surface area (Å²) in [5.74, 6) is 1.33. The molecule has 4 nitrogen and oxygen atoms in total. The van der Waals surface area contributed by atoms with Crippen LogP contribution in [-0.4, -0.2) is 16.9 Å². The van der Waals surface area contributed by atoms with Crippen LogP contribution in [-0.2, 0) is 6.42 Å². The minimum Gasteiger partial charge on any atom is -0.454 e. The first-order chi connectivity index (χ1) is 14.5. The Morgan fingerprint density at radius 2 is 1.84 bits per heavy atom. The van der Waals surface area contributed by atoms with Crippen LogP contribution < -0.4 is 10.1 Å². The predicted molar refractivity (Wildman–Crippen MR) is 125 cm³/mol. The Morgan fingerprint density at radius 3 is 2.42 bits per heavy atom. The van der Waals surface area contributed by atoms with E-state index in [0.29, 0.717) is 40.0 Å². The third kappa shape index (κ3) is 5.67. The largest absolute Gasteiger partial charge is 0.454 e. The van der Waals surface area contributed by atoms with E-state index in [-0.39, 0.29) is 16.9 Å². The van der Waals surface area contributed by atoms with Crippen LogP contribution in [0, 0.1) is 17.2 Å². The molecule has 1 aliphatic heterocycles. The molecular weight excluding hydrogens is 408 g/mol. The van der Waals surface area contributed by atoms with E-state index in [2.05, 4.69) is 39.1 Å². The van der Waals surface area contributed by atoms with Crippen LogP contribution in [0.5, 0.6) is 11.5 Å². The van der Waals surface area contributed by atoms with Gasteiger partial charge >= 0.3 is 0 Å². The molecule has 0 saturated carbocycles. The fourth-order valence-corrected chi connectivity index (χ4v) is 5.24. The summed E-state index contributed by atoms with van der Waals surface area (Å²) in [6, 6.07) is 12.9. The van der Waals surface area contributed by atoms with Crippen LogP contribution in [0.4, 0.5) is 0 Å². The Morgan fingerprint density at radius 1 is 1.16 bits per heavy atom. The van der Waals surface area contributed by atoms with Gasteiger partial charge in [-0.05, 0) is 82.7 Å². The third-order valence-electron chi connectivity index (χ3n) is 5.83. The molecule has 3 rings (SSSR count). The molecule has 0 radical (unpaired) electrons. The van der Waals surface area contributed by atoms with Gasteiger partial charge in [0.05, 0.1) is 10.6 Å². The zero-order valence-corrected chi connectivity index (χ0v) is 19.8. The van der Waals surface area contributed by atoms with Crippen molar-refractivity contribution < 1.29 is 9.53 Å². The second-order valence-electron chi connectivity index (χ2n) is 9.80. The average Bonchev–Trinajstić information content (AvgIpc) is 2.66. The molecule has 0 bridgehead atoms. The maximum Gasteiger partial charge on any atom is 0.163 e. The molecule has 0 spiro atoms. The van der Waals surface area contributed by atoms with Crippen LogP contribution in [0.15, 0.2) is 36.4 Å². The van der Waals surface area contributed by atoms with Crippen molar-refractivity contribution in [2.45, 2.75) is 71.4 Å². The van der Waals surface area contributed by atoms with E-state index in [1.807, 2.05) is 19.1 Å². The van der Waals surface area contributed by atoms with Crippen LogP contribution in [0.2, 0.25) is 5.02 Å². The first kappa shape index (κ1) is 23.3. The number of rotatable bonds is 6. The SMILES string of the molecule is CCc1cccc(Oc2ccc(C(=O)CC3CC(C)(C)NC(C)(C)C3)cc2Cl)c1C#N. The lowest BCUT2D eigenvalue weighted by molar-refractivity contribution is 0.0864. The third-order valence-corrected chi connectivity index (χ3v) is 6.12. The van der Waals surface area contributed by atoms with Crippen molar-refractivity contribution in [3.8, 4) is 17.6 Å². The van der Waals surface area contributed by atoms with Crippen molar-refractivity contribution >= 4 is 17.4 Å². The summed E-state index contributed by atoms with van der Waals surface area (Å²) in [7, 11) is 0. The number of carbonyl (C=O) groups excluding carboxylic acids is 1. The number of carbonyl (C=O) groups is 1. The van der Waals surface area contributed by atoms with Crippen LogP contribution in [0.3, 0.4) is 0 Å². The molecule has 1 aliphatic rings. The number of ketones is 1. The molecule has 164 valence electrons. The highest BCUT2D eigenvalue weighted by molar-refractivity contribution is 6.32. The maximum atomic E-state index is 13.0. The van der Waals surface area contributed by atoms with Gasteiger partial charge in [-0.2, -0.15) is 5.26 Å². The topological polar surface area (TPSA) is 62.1 Å². The highest BCUT2D eigenvalue weighted by Gasteiger charge is 2.38. The van der Waals surface area contributed by atoms with Gasteiger partial charge in [0.2, 0.25) is 0 Å². The summed E-state index contributed by atoms with van der Waals surface area (Å²) in [5.41, 5.74) is 2.04. The van der Waals surface area contributed by atoms with Gasteiger partial charge in [-0.1, -0.05) is 30.7 Å². The van der Waals surface area contributed by atoms with E-state index >= 15 is 0 Å². The molecule has 0 aromatic heterocycles. The molecule has 2 aromatic carbocycles. The van der Waals surface area contributed by atoms with E-state index in [4.69, 9.17) is 16.3 Å². The average molecular weight is 439 g/mol. The van der Waals surface area contributed by atoms with E-state index in [1.54, 1.807) is 24.3 Å². The molecule has 31 heavy (non-hydrogen) atoms. The van der Waals surface area contributed by atoms with Gasteiger partial charge in [-0.25, -0.2) is 0 Å². The summed E-state index contributed by atoms with van der Waals surface area (Å²) in [6.07, 6.45) is 3.16. The Bertz CT molecular complexity index is 1000. The van der Waals surface area contributed by atoms with E-state index in [1.165, 1.54) is 0 Å². The van der Waals surface area contributed by atoms with Crippen LogP contribution in [0.1, 0.15) is 75.4 Å². The number of benzene rings is 2. The van der Waals surface area contributed by atoms with Crippen molar-refractivity contribution in [1.82, 2.24) is 5.32 Å². The van der Waals surface area contributed by atoms with Gasteiger partial charge in [-0.15, -0.1) is 0 Å². The molecule has 0 amide bonds. The fraction of sp³-hybridized carbons (Fsp3) is 0.462. The van der Waals surface area contributed by atoms with Crippen molar-refractivity contribution in [2.24, 2.45) is 5.92 Å². The normalized spacial score (nSPS) is 17.7. The number of hydrogen-bond acceptors (Lipinski definition) is 4. The lowest BCUT2D eigenvalue weighted by atomic mass is 9.74. The van der Waals surface area contributed by atoms with E-state index < -0.39 is 0 Å². The Kier molecular flexibility index (Phi) is 6.79. The Balaban J connectivity index is 1.75.